The number of hydrogen-bond acceptors (Lipinski definition) is 4. The second-order valence-corrected chi connectivity index (χ2v) is 5.18. The van der Waals surface area contributed by atoms with E-state index >= 15 is 0 Å². The molecule has 2 aromatic carbocycles. The molecule has 0 saturated heterocycles. The Labute approximate surface area is 136 Å². The van der Waals surface area contributed by atoms with Crippen LogP contribution in [0.15, 0.2) is 30.3 Å². The predicted molar refractivity (Wildman–Crippen MR) is 90.0 cm³/mol. The van der Waals surface area contributed by atoms with E-state index in [1.807, 2.05) is 32.0 Å². The molecule has 5 nitrogen and oxygen atoms in total. The van der Waals surface area contributed by atoms with E-state index < -0.39 is 0 Å². The van der Waals surface area contributed by atoms with Gasteiger partial charge in [0.25, 0.3) is 5.91 Å². The molecule has 0 aromatic heterocycles. The average molecular weight is 315 g/mol. The quantitative estimate of drug-likeness (QED) is 0.916. The lowest BCUT2D eigenvalue weighted by Gasteiger charge is -2.15. The van der Waals surface area contributed by atoms with Crippen molar-refractivity contribution in [1.82, 2.24) is 0 Å². The minimum Gasteiger partial charge on any atom is -0.496 e. The van der Waals surface area contributed by atoms with Crippen LogP contribution in [0.1, 0.15) is 21.5 Å². The van der Waals surface area contributed by atoms with Crippen LogP contribution in [0.4, 0.5) is 5.69 Å². The topological polar surface area (TPSA) is 56.8 Å². The molecule has 0 bridgehead atoms. The SMILES string of the molecule is COc1cc(OC)c(C(=O)Nc2ccc(C)cc2C)cc1OC. The van der Waals surface area contributed by atoms with Crippen LogP contribution in [0.3, 0.4) is 0 Å². The summed E-state index contributed by atoms with van der Waals surface area (Å²) in [6, 6.07) is 9.10. The lowest BCUT2D eigenvalue weighted by atomic mass is 10.1. The van der Waals surface area contributed by atoms with Gasteiger partial charge in [0.1, 0.15) is 5.75 Å². The van der Waals surface area contributed by atoms with Crippen LogP contribution in [-0.4, -0.2) is 27.2 Å². The molecule has 0 unspecified atom stereocenters. The Kier molecular flexibility index (Phi) is 5.11. The molecule has 0 fully saturated rings. The summed E-state index contributed by atoms with van der Waals surface area (Å²) < 4.78 is 15.8. The molecule has 0 heterocycles. The molecule has 0 aliphatic heterocycles. The van der Waals surface area contributed by atoms with Crippen LogP contribution in [0.2, 0.25) is 0 Å². The summed E-state index contributed by atoms with van der Waals surface area (Å²) in [5, 5.41) is 2.90. The van der Waals surface area contributed by atoms with Crippen molar-refractivity contribution in [2.24, 2.45) is 0 Å². The lowest BCUT2D eigenvalue weighted by Crippen LogP contribution is -2.14. The number of rotatable bonds is 5. The first-order chi connectivity index (χ1) is 11.0. The Morgan fingerprint density at radius 2 is 1.48 bits per heavy atom. The van der Waals surface area contributed by atoms with E-state index in [0.29, 0.717) is 22.8 Å². The number of ether oxygens (including phenoxy) is 3. The van der Waals surface area contributed by atoms with Crippen LogP contribution < -0.4 is 19.5 Å². The highest BCUT2D eigenvalue weighted by Gasteiger charge is 2.18. The van der Waals surface area contributed by atoms with Crippen LogP contribution in [0, 0.1) is 13.8 Å². The minimum atomic E-state index is -0.269. The number of carbonyl (C=O) groups excluding carboxylic acids is 1. The summed E-state index contributed by atoms with van der Waals surface area (Å²) in [4.78, 5) is 12.6. The Morgan fingerprint density at radius 3 is 2.04 bits per heavy atom. The van der Waals surface area contributed by atoms with Gasteiger partial charge in [0, 0.05) is 17.8 Å². The molecule has 23 heavy (non-hydrogen) atoms. The summed E-state index contributed by atoms with van der Waals surface area (Å²) in [5.74, 6) is 1.13. The largest absolute Gasteiger partial charge is 0.496 e. The van der Waals surface area contributed by atoms with Crippen LogP contribution in [-0.2, 0) is 0 Å². The van der Waals surface area contributed by atoms with Crippen molar-refractivity contribution in [2.45, 2.75) is 13.8 Å². The lowest BCUT2D eigenvalue weighted by molar-refractivity contribution is 0.102. The van der Waals surface area contributed by atoms with E-state index in [-0.39, 0.29) is 5.91 Å². The van der Waals surface area contributed by atoms with Crippen molar-refractivity contribution < 1.29 is 19.0 Å². The van der Waals surface area contributed by atoms with Gasteiger partial charge >= 0.3 is 0 Å². The highest BCUT2D eigenvalue weighted by Crippen LogP contribution is 2.35. The average Bonchev–Trinajstić information content (AvgIpc) is 2.55. The molecule has 5 heteroatoms. The number of nitrogens with one attached hydrogen (secondary N) is 1. The second-order valence-electron chi connectivity index (χ2n) is 5.18. The molecule has 0 saturated carbocycles. The maximum Gasteiger partial charge on any atom is 0.259 e. The smallest absolute Gasteiger partial charge is 0.259 e. The van der Waals surface area contributed by atoms with Crippen molar-refractivity contribution in [3.05, 3.63) is 47.0 Å². The Balaban J connectivity index is 2.38. The molecule has 122 valence electrons. The molecule has 1 N–H and O–H groups in total. The first-order valence-corrected chi connectivity index (χ1v) is 7.18. The van der Waals surface area contributed by atoms with Gasteiger partial charge in [-0.2, -0.15) is 0 Å². The number of aryl methyl sites for hydroxylation is 2. The van der Waals surface area contributed by atoms with Crippen LogP contribution in [0.25, 0.3) is 0 Å². The van der Waals surface area contributed by atoms with E-state index in [2.05, 4.69) is 5.32 Å². The van der Waals surface area contributed by atoms with Gasteiger partial charge in [-0.05, 0) is 25.5 Å². The van der Waals surface area contributed by atoms with Gasteiger partial charge < -0.3 is 19.5 Å². The molecule has 0 spiro atoms. The Bertz CT molecular complexity index is 725. The van der Waals surface area contributed by atoms with E-state index in [1.54, 1.807) is 12.1 Å². The summed E-state index contributed by atoms with van der Waals surface area (Å²) in [6.07, 6.45) is 0. The maximum atomic E-state index is 12.6. The van der Waals surface area contributed by atoms with Gasteiger partial charge in [0.05, 0.1) is 26.9 Å². The number of benzene rings is 2. The summed E-state index contributed by atoms with van der Waals surface area (Å²) in [5.41, 5.74) is 3.28. The van der Waals surface area contributed by atoms with E-state index in [1.165, 1.54) is 21.3 Å². The maximum absolute atomic E-state index is 12.6. The third kappa shape index (κ3) is 3.56. The standard InChI is InChI=1S/C18H21NO4/c1-11-6-7-14(12(2)8-11)19-18(20)13-9-16(22-4)17(23-5)10-15(13)21-3/h6-10H,1-5H3,(H,19,20). The zero-order valence-corrected chi connectivity index (χ0v) is 14.0. The van der Waals surface area contributed by atoms with Crippen molar-refractivity contribution >= 4 is 11.6 Å². The number of amides is 1. The molecular weight excluding hydrogens is 294 g/mol. The molecule has 0 aliphatic carbocycles. The van der Waals surface area contributed by atoms with Gasteiger partial charge in [-0.25, -0.2) is 0 Å². The zero-order chi connectivity index (χ0) is 17.0. The second kappa shape index (κ2) is 7.05. The van der Waals surface area contributed by atoms with Gasteiger partial charge in [-0.3, -0.25) is 4.79 Å². The van der Waals surface area contributed by atoms with E-state index in [4.69, 9.17) is 14.2 Å². The molecule has 0 radical (unpaired) electrons. The summed E-state index contributed by atoms with van der Waals surface area (Å²) in [6.45, 7) is 3.96. The normalized spacial score (nSPS) is 10.1. The Hall–Kier alpha value is -2.69. The van der Waals surface area contributed by atoms with Gasteiger partial charge in [0.15, 0.2) is 11.5 Å². The number of hydrogen-bond donors (Lipinski definition) is 1. The summed E-state index contributed by atoms with van der Waals surface area (Å²) >= 11 is 0. The minimum absolute atomic E-state index is 0.269. The highest BCUT2D eigenvalue weighted by molar-refractivity contribution is 6.07. The van der Waals surface area contributed by atoms with Crippen molar-refractivity contribution in [2.75, 3.05) is 26.6 Å². The first kappa shape index (κ1) is 16.7. The number of methoxy groups -OCH3 is 3. The molecule has 0 aliphatic rings. The van der Waals surface area contributed by atoms with E-state index in [9.17, 15) is 4.79 Å². The number of carbonyl (C=O) groups is 1. The van der Waals surface area contributed by atoms with Crippen LogP contribution in [0.5, 0.6) is 17.2 Å². The summed E-state index contributed by atoms with van der Waals surface area (Å²) in [7, 11) is 4.57. The third-order valence-corrected chi connectivity index (χ3v) is 3.58. The molecule has 1 amide bonds. The highest BCUT2D eigenvalue weighted by atomic mass is 16.5. The molecule has 2 aromatic rings. The van der Waals surface area contributed by atoms with Crippen molar-refractivity contribution in [3.63, 3.8) is 0 Å². The predicted octanol–water partition coefficient (Wildman–Crippen LogP) is 3.58. The fourth-order valence-electron chi connectivity index (χ4n) is 2.35. The molecular formula is C18H21NO4. The van der Waals surface area contributed by atoms with Gasteiger partial charge in [-0.1, -0.05) is 17.7 Å². The number of anilines is 1. The molecule has 0 atom stereocenters. The third-order valence-electron chi connectivity index (χ3n) is 3.58. The van der Waals surface area contributed by atoms with E-state index in [0.717, 1.165) is 16.8 Å². The monoisotopic (exact) mass is 315 g/mol. The zero-order valence-electron chi connectivity index (χ0n) is 14.0. The fourth-order valence-corrected chi connectivity index (χ4v) is 2.35. The molecule has 2 rings (SSSR count). The fraction of sp³-hybridized carbons (Fsp3) is 0.278. The van der Waals surface area contributed by atoms with Crippen molar-refractivity contribution in [3.8, 4) is 17.2 Å². The van der Waals surface area contributed by atoms with Crippen molar-refractivity contribution in [1.29, 1.82) is 0 Å². The van der Waals surface area contributed by atoms with Crippen LogP contribution >= 0.6 is 0 Å². The Morgan fingerprint density at radius 1 is 0.870 bits per heavy atom. The van der Waals surface area contributed by atoms with Gasteiger partial charge in [0.2, 0.25) is 0 Å². The first-order valence-electron chi connectivity index (χ1n) is 7.18. The van der Waals surface area contributed by atoms with Gasteiger partial charge in [-0.15, -0.1) is 0 Å².